The third-order valence-corrected chi connectivity index (χ3v) is 1.81. The fourth-order valence-electron chi connectivity index (χ4n) is 1.04. The molecule has 0 fully saturated rings. The molecule has 1 heterocycles. The van der Waals surface area contributed by atoms with Crippen molar-refractivity contribution in [2.24, 2.45) is 0 Å². The number of aromatic amines is 1. The van der Waals surface area contributed by atoms with Crippen molar-refractivity contribution in [1.82, 2.24) is 9.55 Å². The zero-order valence-corrected chi connectivity index (χ0v) is 7.73. The number of aliphatic hydroxyl groups is 2. The molecular weight excluding hydrogens is 188 g/mol. The van der Waals surface area contributed by atoms with Crippen molar-refractivity contribution >= 4 is 0 Å². The smallest absolute Gasteiger partial charge is 0.328 e. The van der Waals surface area contributed by atoms with Crippen molar-refractivity contribution in [2.75, 3.05) is 6.61 Å². The van der Waals surface area contributed by atoms with E-state index in [-0.39, 0.29) is 6.54 Å². The summed E-state index contributed by atoms with van der Waals surface area (Å²) >= 11 is 0. The first-order valence-electron chi connectivity index (χ1n) is 4.14. The van der Waals surface area contributed by atoms with Crippen molar-refractivity contribution in [2.45, 2.75) is 19.6 Å². The molecule has 78 valence electrons. The van der Waals surface area contributed by atoms with E-state index in [4.69, 9.17) is 10.2 Å². The van der Waals surface area contributed by atoms with Crippen LogP contribution in [0.15, 0.2) is 15.8 Å². The van der Waals surface area contributed by atoms with E-state index >= 15 is 0 Å². The quantitative estimate of drug-likeness (QED) is 0.536. The SMILES string of the molecule is Cc1cn(CC(O)CO)c(=O)[nH]c1=O. The molecule has 0 bridgehead atoms. The molecule has 0 radical (unpaired) electrons. The molecule has 1 aromatic heterocycles. The average molecular weight is 200 g/mol. The maximum Gasteiger partial charge on any atom is 0.328 e. The van der Waals surface area contributed by atoms with Gasteiger partial charge in [0.1, 0.15) is 0 Å². The Labute approximate surface area is 79.5 Å². The molecule has 0 aliphatic carbocycles. The van der Waals surface area contributed by atoms with Crippen LogP contribution in [0.4, 0.5) is 0 Å². The summed E-state index contributed by atoms with van der Waals surface area (Å²) in [6.07, 6.45) is 0.345. The van der Waals surface area contributed by atoms with Crippen LogP contribution in [0.3, 0.4) is 0 Å². The standard InChI is InChI=1S/C8H12N2O4/c1-5-2-10(3-6(12)4-11)8(14)9-7(5)13/h2,6,11-12H,3-4H2,1H3,(H,9,13,14). The number of aryl methyl sites for hydroxylation is 1. The lowest BCUT2D eigenvalue weighted by molar-refractivity contribution is 0.0799. The highest BCUT2D eigenvalue weighted by Gasteiger charge is 2.06. The van der Waals surface area contributed by atoms with E-state index in [1.54, 1.807) is 6.92 Å². The van der Waals surface area contributed by atoms with Gasteiger partial charge >= 0.3 is 5.69 Å². The molecule has 1 unspecified atom stereocenters. The molecule has 1 atom stereocenters. The Balaban J connectivity index is 3.04. The first-order valence-corrected chi connectivity index (χ1v) is 4.14. The van der Waals surface area contributed by atoms with Crippen LogP contribution in [0.5, 0.6) is 0 Å². The highest BCUT2D eigenvalue weighted by Crippen LogP contribution is 1.88. The van der Waals surface area contributed by atoms with Crippen molar-refractivity contribution in [3.8, 4) is 0 Å². The predicted molar refractivity (Wildman–Crippen MR) is 49.2 cm³/mol. The predicted octanol–water partition coefficient (Wildman–Crippen LogP) is -1.80. The van der Waals surface area contributed by atoms with Crippen LogP contribution in [0.25, 0.3) is 0 Å². The average Bonchev–Trinajstić information content (AvgIpc) is 2.14. The lowest BCUT2D eigenvalue weighted by Gasteiger charge is -2.09. The number of nitrogens with zero attached hydrogens (tertiary/aromatic N) is 1. The second-order valence-corrected chi connectivity index (χ2v) is 3.06. The van der Waals surface area contributed by atoms with Gasteiger partial charge in [-0.1, -0.05) is 0 Å². The van der Waals surface area contributed by atoms with Gasteiger partial charge < -0.3 is 10.2 Å². The van der Waals surface area contributed by atoms with E-state index in [1.807, 2.05) is 0 Å². The van der Waals surface area contributed by atoms with Gasteiger partial charge in [0.05, 0.1) is 19.3 Å². The van der Waals surface area contributed by atoms with Gasteiger partial charge in [-0.15, -0.1) is 0 Å². The number of nitrogens with one attached hydrogen (secondary N) is 1. The lowest BCUT2D eigenvalue weighted by Crippen LogP contribution is -2.34. The van der Waals surface area contributed by atoms with Crippen LogP contribution in [0.1, 0.15) is 5.56 Å². The summed E-state index contributed by atoms with van der Waals surface area (Å²) in [5.74, 6) is 0. The topological polar surface area (TPSA) is 95.3 Å². The molecule has 0 amide bonds. The van der Waals surface area contributed by atoms with Gasteiger partial charge in [0, 0.05) is 11.8 Å². The van der Waals surface area contributed by atoms with Gasteiger partial charge in [-0.2, -0.15) is 0 Å². The first kappa shape index (κ1) is 10.7. The fraction of sp³-hybridized carbons (Fsp3) is 0.500. The van der Waals surface area contributed by atoms with Gasteiger partial charge in [0.15, 0.2) is 0 Å². The van der Waals surface area contributed by atoms with Crippen molar-refractivity contribution in [1.29, 1.82) is 0 Å². The molecule has 0 aromatic carbocycles. The van der Waals surface area contributed by atoms with Gasteiger partial charge in [-0.3, -0.25) is 14.3 Å². The number of H-pyrrole nitrogens is 1. The highest BCUT2D eigenvalue weighted by molar-refractivity contribution is 5.00. The van der Waals surface area contributed by atoms with Crippen LogP contribution < -0.4 is 11.2 Å². The Hall–Kier alpha value is -1.40. The van der Waals surface area contributed by atoms with Crippen LogP contribution in [0.2, 0.25) is 0 Å². The molecule has 6 heteroatoms. The van der Waals surface area contributed by atoms with E-state index in [1.165, 1.54) is 6.20 Å². The molecule has 0 aliphatic heterocycles. The van der Waals surface area contributed by atoms with E-state index < -0.39 is 24.0 Å². The van der Waals surface area contributed by atoms with Crippen LogP contribution in [-0.2, 0) is 6.54 Å². The van der Waals surface area contributed by atoms with Gasteiger partial charge in [0.25, 0.3) is 5.56 Å². The summed E-state index contributed by atoms with van der Waals surface area (Å²) in [5, 5.41) is 17.7. The Morgan fingerprint density at radius 3 is 2.79 bits per heavy atom. The maximum absolute atomic E-state index is 11.2. The number of hydrogen-bond donors (Lipinski definition) is 3. The molecular formula is C8H12N2O4. The van der Waals surface area contributed by atoms with E-state index in [0.717, 1.165) is 4.57 Å². The minimum absolute atomic E-state index is 0.0348. The zero-order valence-electron chi connectivity index (χ0n) is 7.73. The molecule has 14 heavy (non-hydrogen) atoms. The Kier molecular flexibility index (Phi) is 3.21. The largest absolute Gasteiger partial charge is 0.394 e. The van der Waals surface area contributed by atoms with Gasteiger partial charge in [0.2, 0.25) is 0 Å². The highest BCUT2D eigenvalue weighted by atomic mass is 16.3. The maximum atomic E-state index is 11.2. The number of aliphatic hydroxyl groups excluding tert-OH is 2. The third-order valence-electron chi connectivity index (χ3n) is 1.81. The van der Waals surface area contributed by atoms with E-state index in [2.05, 4.69) is 4.98 Å². The van der Waals surface area contributed by atoms with Gasteiger partial charge in [-0.25, -0.2) is 4.79 Å². The second kappa shape index (κ2) is 4.21. The summed E-state index contributed by atoms with van der Waals surface area (Å²) in [4.78, 5) is 24.2. The fourth-order valence-corrected chi connectivity index (χ4v) is 1.04. The molecule has 0 aliphatic rings. The van der Waals surface area contributed by atoms with E-state index in [0.29, 0.717) is 5.56 Å². The molecule has 1 aromatic rings. The molecule has 0 spiro atoms. The number of rotatable bonds is 3. The summed E-state index contributed by atoms with van der Waals surface area (Å²) < 4.78 is 1.15. The third kappa shape index (κ3) is 2.30. The molecule has 0 saturated heterocycles. The summed E-state index contributed by atoms with van der Waals surface area (Å²) in [7, 11) is 0. The van der Waals surface area contributed by atoms with Gasteiger partial charge in [-0.05, 0) is 6.92 Å². The minimum atomic E-state index is -1.00. The normalized spacial score (nSPS) is 12.8. The van der Waals surface area contributed by atoms with Crippen molar-refractivity contribution in [3.05, 3.63) is 32.6 Å². The molecule has 0 saturated carbocycles. The summed E-state index contributed by atoms with van der Waals surface area (Å²) in [6, 6.07) is 0. The lowest BCUT2D eigenvalue weighted by atomic mass is 10.3. The molecule has 6 nitrogen and oxygen atoms in total. The van der Waals surface area contributed by atoms with Crippen molar-refractivity contribution in [3.63, 3.8) is 0 Å². The molecule has 3 N–H and O–H groups in total. The monoisotopic (exact) mass is 200 g/mol. The minimum Gasteiger partial charge on any atom is -0.394 e. The van der Waals surface area contributed by atoms with Crippen LogP contribution in [0, 0.1) is 6.92 Å². The number of aromatic nitrogens is 2. The van der Waals surface area contributed by atoms with Crippen LogP contribution >= 0.6 is 0 Å². The Bertz CT molecular complexity index is 420. The first-order chi connectivity index (χ1) is 6.54. The second-order valence-electron chi connectivity index (χ2n) is 3.06. The summed E-state index contributed by atoms with van der Waals surface area (Å²) in [6.45, 7) is 1.09. The zero-order chi connectivity index (χ0) is 10.7. The van der Waals surface area contributed by atoms with Crippen LogP contribution in [-0.4, -0.2) is 32.5 Å². The molecule has 1 rings (SSSR count). The number of hydrogen-bond acceptors (Lipinski definition) is 4. The summed E-state index contributed by atoms with van der Waals surface area (Å²) in [5.41, 5.74) is -0.646. The van der Waals surface area contributed by atoms with E-state index in [9.17, 15) is 9.59 Å². The van der Waals surface area contributed by atoms with Crippen molar-refractivity contribution < 1.29 is 10.2 Å². The Morgan fingerprint density at radius 1 is 1.57 bits per heavy atom. The Morgan fingerprint density at radius 2 is 2.21 bits per heavy atom.